The molecule has 4 nitrogen and oxygen atoms in total. The minimum absolute atomic E-state index is 0.116. The van der Waals surface area contributed by atoms with Gasteiger partial charge in [0.2, 0.25) is 6.41 Å². The highest BCUT2D eigenvalue weighted by molar-refractivity contribution is 5.44. The average molecular weight is 132 g/mol. The van der Waals surface area contributed by atoms with Crippen LogP contribution in [0, 0.1) is 0 Å². The standard InChI is InChI=1S/C5H12N2O2/c1-4(5(2)9)7-6-3-8/h3-5,7,9H,1-2H3,(H,6,8)/t4-,5?/m0/s1. The summed E-state index contributed by atoms with van der Waals surface area (Å²) in [6.07, 6.45) is 0.0660. The molecule has 9 heavy (non-hydrogen) atoms. The maximum Gasteiger partial charge on any atom is 0.221 e. The summed E-state index contributed by atoms with van der Waals surface area (Å²) < 4.78 is 0. The second-order valence-electron chi connectivity index (χ2n) is 1.94. The molecule has 0 aliphatic heterocycles. The van der Waals surface area contributed by atoms with E-state index in [-0.39, 0.29) is 6.04 Å². The molecule has 0 bridgehead atoms. The second kappa shape index (κ2) is 4.29. The Bertz CT molecular complexity index is 85.0. The second-order valence-corrected chi connectivity index (χ2v) is 1.94. The number of carbonyl (C=O) groups is 1. The van der Waals surface area contributed by atoms with Crippen LogP contribution in [0.2, 0.25) is 0 Å². The third kappa shape index (κ3) is 3.93. The smallest absolute Gasteiger partial charge is 0.221 e. The number of rotatable bonds is 4. The van der Waals surface area contributed by atoms with E-state index < -0.39 is 6.10 Å². The number of hydrogen-bond acceptors (Lipinski definition) is 3. The number of aliphatic hydroxyl groups excluding tert-OH is 1. The van der Waals surface area contributed by atoms with E-state index in [0.29, 0.717) is 6.41 Å². The molecule has 2 atom stereocenters. The molecule has 54 valence electrons. The summed E-state index contributed by atoms with van der Waals surface area (Å²) in [5.74, 6) is 0. The van der Waals surface area contributed by atoms with Crippen LogP contribution in [-0.2, 0) is 4.79 Å². The number of hydrogen-bond donors (Lipinski definition) is 3. The first-order valence-corrected chi connectivity index (χ1v) is 2.81. The molecule has 1 unspecified atom stereocenters. The molecule has 0 radical (unpaired) electrons. The fourth-order valence-electron chi connectivity index (χ4n) is 0.286. The molecule has 3 N–H and O–H groups in total. The van der Waals surface area contributed by atoms with Crippen LogP contribution in [0.3, 0.4) is 0 Å². The molecule has 0 heterocycles. The maximum atomic E-state index is 9.68. The predicted octanol–water partition coefficient (Wildman–Crippen LogP) is -0.994. The van der Waals surface area contributed by atoms with Crippen LogP contribution < -0.4 is 10.9 Å². The summed E-state index contributed by atoms with van der Waals surface area (Å²) >= 11 is 0. The van der Waals surface area contributed by atoms with E-state index in [1.807, 2.05) is 0 Å². The van der Waals surface area contributed by atoms with Crippen molar-refractivity contribution in [2.45, 2.75) is 26.0 Å². The van der Waals surface area contributed by atoms with Gasteiger partial charge in [-0.05, 0) is 13.8 Å². The van der Waals surface area contributed by atoms with Gasteiger partial charge >= 0.3 is 0 Å². The molecular weight excluding hydrogens is 120 g/mol. The fraction of sp³-hybridized carbons (Fsp3) is 0.800. The Balaban J connectivity index is 3.26. The van der Waals surface area contributed by atoms with E-state index in [4.69, 9.17) is 5.11 Å². The molecule has 4 heteroatoms. The van der Waals surface area contributed by atoms with Crippen molar-refractivity contribution in [1.82, 2.24) is 10.9 Å². The third-order valence-corrected chi connectivity index (χ3v) is 1.09. The van der Waals surface area contributed by atoms with Crippen molar-refractivity contribution in [2.75, 3.05) is 0 Å². The van der Waals surface area contributed by atoms with Gasteiger partial charge in [0.1, 0.15) is 0 Å². The van der Waals surface area contributed by atoms with Gasteiger partial charge in [0, 0.05) is 6.04 Å². The van der Waals surface area contributed by atoms with E-state index in [9.17, 15) is 4.79 Å². The Morgan fingerprint density at radius 1 is 1.56 bits per heavy atom. The number of aliphatic hydroxyl groups is 1. The van der Waals surface area contributed by atoms with E-state index in [0.717, 1.165) is 0 Å². The summed E-state index contributed by atoms with van der Waals surface area (Å²) in [5, 5.41) is 8.83. The topological polar surface area (TPSA) is 61.4 Å². The molecule has 0 fully saturated rings. The lowest BCUT2D eigenvalue weighted by Crippen LogP contribution is -2.43. The van der Waals surface area contributed by atoms with Gasteiger partial charge in [-0.2, -0.15) is 0 Å². The van der Waals surface area contributed by atoms with Crippen LogP contribution in [0.25, 0.3) is 0 Å². The quantitative estimate of drug-likeness (QED) is 0.340. The molecular formula is C5H12N2O2. The van der Waals surface area contributed by atoms with Crippen molar-refractivity contribution >= 4 is 6.41 Å². The molecule has 0 rings (SSSR count). The summed E-state index contributed by atoms with van der Waals surface area (Å²) in [5.41, 5.74) is 4.80. The largest absolute Gasteiger partial charge is 0.392 e. The molecule has 0 aliphatic carbocycles. The highest BCUT2D eigenvalue weighted by Gasteiger charge is 2.05. The average Bonchev–Trinajstić information content (AvgIpc) is 1.82. The number of nitrogens with one attached hydrogen (secondary N) is 2. The van der Waals surface area contributed by atoms with Crippen molar-refractivity contribution in [3.05, 3.63) is 0 Å². The highest BCUT2D eigenvalue weighted by Crippen LogP contribution is 1.86. The van der Waals surface area contributed by atoms with E-state index in [2.05, 4.69) is 10.9 Å². The summed E-state index contributed by atoms with van der Waals surface area (Å²) in [6.45, 7) is 3.41. The van der Waals surface area contributed by atoms with Gasteiger partial charge in [-0.3, -0.25) is 10.2 Å². The first-order valence-electron chi connectivity index (χ1n) is 2.81. The SMILES string of the molecule is CC(O)[C@H](C)NNC=O. The Hall–Kier alpha value is -0.610. The minimum Gasteiger partial charge on any atom is -0.392 e. The zero-order valence-corrected chi connectivity index (χ0v) is 5.59. The summed E-state index contributed by atoms with van der Waals surface area (Å²) in [6, 6.07) is -0.116. The van der Waals surface area contributed by atoms with Crippen LogP contribution >= 0.6 is 0 Å². The first kappa shape index (κ1) is 8.39. The number of hydrazine groups is 1. The zero-order chi connectivity index (χ0) is 7.28. The van der Waals surface area contributed by atoms with E-state index in [1.54, 1.807) is 13.8 Å². The Kier molecular flexibility index (Phi) is 4.00. The van der Waals surface area contributed by atoms with Crippen LogP contribution in [-0.4, -0.2) is 23.7 Å². The molecule has 0 aromatic rings. The van der Waals surface area contributed by atoms with Crippen molar-refractivity contribution in [2.24, 2.45) is 0 Å². The molecule has 0 saturated carbocycles. The van der Waals surface area contributed by atoms with E-state index in [1.165, 1.54) is 0 Å². The minimum atomic E-state index is -0.461. The van der Waals surface area contributed by atoms with Crippen molar-refractivity contribution < 1.29 is 9.90 Å². The van der Waals surface area contributed by atoms with Crippen LogP contribution in [0.15, 0.2) is 0 Å². The van der Waals surface area contributed by atoms with Gasteiger partial charge in [-0.25, -0.2) is 5.43 Å². The van der Waals surface area contributed by atoms with Crippen LogP contribution in [0.1, 0.15) is 13.8 Å². The molecule has 0 aromatic heterocycles. The molecule has 0 aromatic carbocycles. The first-order chi connectivity index (χ1) is 4.18. The van der Waals surface area contributed by atoms with Gasteiger partial charge in [0.15, 0.2) is 0 Å². The van der Waals surface area contributed by atoms with Gasteiger partial charge < -0.3 is 5.11 Å². The highest BCUT2D eigenvalue weighted by atomic mass is 16.3. The van der Waals surface area contributed by atoms with Crippen molar-refractivity contribution in [3.8, 4) is 0 Å². The normalized spacial score (nSPS) is 16.3. The monoisotopic (exact) mass is 132 g/mol. The maximum absolute atomic E-state index is 9.68. The Labute approximate surface area is 54.2 Å². The fourth-order valence-corrected chi connectivity index (χ4v) is 0.286. The molecule has 0 spiro atoms. The van der Waals surface area contributed by atoms with Gasteiger partial charge in [0.25, 0.3) is 0 Å². The Morgan fingerprint density at radius 2 is 2.11 bits per heavy atom. The Morgan fingerprint density at radius 3 is 2.44 bits per heavy atom. The number of amides is 1. The van der Waals surface area contributed by atoms with E-state index >= 15 is 0 Å². The van der Waals surface area contributed by atoms with Gasteiger partial charge in [-0.1, -0.05) is 0 Å². The van der Waals surface area contributed by atoms with Crippen LogP contribution in [0.4, 0.5) is 0 Å². The lowest BCUT2D eigenvalue weighted by molar-refractivity contribution is -0.110. The summed E-state index contributed by atoms with van der Waals surface area (Å²) in [7, 11) is 0. The number of carbonyl (C=O) groups excluding carboxylic acids is 1. The predicted molar refractivity (Wildman–Crippen MR) is 33.5 cm³/mol. The lowest BCUT2D eigenvalue weighted by atomic mass is 10.2. The summed E-state index contributed by atoms with van der Waals surface area (Å²) in [4.78, 5) is 9.68. The molecule has 1 amide bonds. The zero-order valence-electron chi connectivity index (χ0n) is 5.59. The molecule has 0 aliphatic rings. The third-order valence-electron chi connectivity index (χ3n) is 1.09. The van der Waals surface area contributed by atoms with Crippen molar-refractivity contribution in [3.63, 3.8) is 0 Å². The van der Waals surface area contributed by atoms with Gasteiger partial charge in [0.05, 0.1) is 6.10 Å². The van der Waals surface area contributed by atoms with Crippen LogP contribution in [0.5, 0.6) is 0 Å². The molecule has 0 saturated heterocycles. The van der Waals surface area contributed by atoms with Gasteiger partial charge in [-0.15, -0.1) is 0 Å². The van der Waals surface area contributed by atoms with Crippen molar-refractivity contribution in [1.29, 1.82) is 0 Å². The lowest BCUT2D eigenvalue weighted by Gasteiger charge is -2.14.